The fourth-order valence-electron chi connectivity index (χ4n) is 1.56. The summed E-state index contributed by atoms with van der Waals surface area (Å²) in [6, 6.07) is 0. The molecule has 4 nitrogen and oxygen atoms in total. The molecule has 0 bridgehead atoms. The number of carbonyl (C=O) groups is 1. The molecule has 0 unspecified atom stereocenters. The van der Waals surface area contributed by atoms with Crippen LogP contribution in [0, 0.1) is 0 Å². The van der Waals surface area contributed by atoms with Gasteiger partial charge in [-0.2, -0.15) is 0 Å². The molecule has 0 saturated carbocycles. The van der Waals surface area contributed by atoms with Crippen LogP contribution in [0.5, 0.6) is 0 Å². The molecule has 0 amide bonds. The fourth-order valence-corrected chi connectivity index (χ4v) is 1.56. The van der Waals surface area contributed by atoms with Gasteiger partial charge in [-0.05, 0) is 19.4 Å². The Bertz CT molecular complexity index is 172. The van der Waals surface area contributed by atoms with Gasteiger partial charge in [-0.25, -0.2) is 0 Å². The van der Waals surface area contributed by atoms with Crippen LogP contribution in [0.1, 0.15) is 19.3 Å². The Morgan fingerprint density at radius 2 is 2.46 bits per heavy atom. The monoisotopic (exact) mass is 187 g/mol. The molecule has 1 saturated heterocycles. The molecule has 0 spiro atoms. The first-order chi connectivity index (χ1) is 6.22. The van der Waals surface area contributed by atoms with E-state index in [-0.39, 0.29) is 12.1 Å². The van der Waals surface area contributed by atoms with Gasteiger partial charge in [0.2, 0.25) is 0 Å². The molecule has 1 rings (SSSR count). The zero-order chi connectivity index (χ0) is 9.68. The molecule has 76 valence electrons. The third kappa shape index (κ3) is 3.74. The van der Waals surface area contributed by atoms with E-state index in [1.807, 2.05) is 0 Å². The molecule has 4 heteroatoms. The molecule has 1 aliphatic rings. The number of aliphatic hydroxyl groups is 1. The van der Waals surface area contributed by atoms with E-state index in [9.17, 15) is 9.90 Å². The van der Waals surface area contributed by atoms with Crippen LogP contribution >= 0.6 is 0 Å². The number of rotatable bonds is 4. The summed E-state index contributed by atoms with van der Waals surface area (Å²) >= 11 is 0. The Hall–Kier alpha value is -0.610. The number of esters is 1. The van der Waals surface area contributed by atoms with Crippen LogP contribution in [-0.4, -0.2) is 48.8 Å². The van der Waals surface area contributed by atoms with Crippen molar-refractivity contribution in [3.63, 3.8) is 0 Å². The number of ether oxygens (including phenoxy) is 1. The van der Waals surface area contributed by atoms with E-state index >= 15 is 0 Å². The molecule has 13 heavy (non-hydrogen) atoms. The molecule has 0 aromatic carbocycles. The van der Waals surface area contributed by atoms with Crippen molar-refractivity contribution >= 4 is 5.97 Å². The average molecular weight is 187 g/mol. The largest absolute Gasteiger partial charge is 0.469 e. The number of aliphatic hydroxyl groups excluding tert-OH is 1. The number of carbonyl (C=O) groups excluding carboxylic acids is 1. The zero-order valence-corrected chi connectivity index (χ0v) is 8.03. The smallest absolute Gasteiger partial charge is 0.305 e. The van der Waals surface area contributed by atoms with Crippen molar-refractivity contribution in [2.75, 3.05) is 26.7 Å². The molecule has 1 N–H and O–H groups in total. The number of likely N-dealkylation sites (tertiary alicyclic amines) is 1. The van der Waals surface area contributed by atoms with Crippen molar-refractivity contribution < 1.29 is 14.6 Å². The maximum atomic E-state index is 10.8. The zero-order valence-electron chi connectivity index (χ0n) is 8.03. The molecule has 1 aliphatic heterocycles. The summed E-state index contributed by atoms with van der Waals surface area (Å²) in [6.07, 6.45) is 1.99. The highest BCUT2D eigenvalue weighted by Gasteiger charge is 2.19. The minimum absolute atomic E-state index is 0.153. The summed E-state index contributed by atoms with van der Waals surface area (Å²) in [6.45, 7) is 2.58. The van der Waals surface area contributed by atoms with E-state index in [1.165, 1.54) is 7.11 Å². The van der Waals surface area contributed by atoms with Gasteiger partial charge >= 0.3 is 5.97 Å². The highest BCUT2D eigenvalue weighted by molar-refractivity contribution is 5.69. The van der Waals surface area contributed by atoms with Crippen LogP contribution in [-0.2, 0) is 9.53 Å². The van der Waals surface area contributed by atoms with Gasteiger partial charge < -0.3 is 14.7 Å². The van der Waals surface area contributed by atoms with Gasteiger partial charge in [0.15, 0.2) is 0 Å². The van der Waals surface area contributed by atoms with Crippen LogP contribution in [0.25, 0.3) is 0 Å². The molecule has 1 fully saturated rings. The molecular formula is C9H17NO3. The topological polar surface area (TPSA) is 49.8 Å². The van der Waals surface area contributed by atoms with Crippen LogP contribution in [0.2, 0.25) is 0 Å². The average Bonchev–Trinajstić information content (AvgIpc) is 2.51. The Kier molecular flexibility index (Phi) is 4.18. The summed E-state index contributed by atoms with van der Waals surface area (Å²) in [7, 11) is 1.40. The highest BCUT2D eigenvalue weighted by atomic mass is 16.5. The molecule has 0 aliphatic carbocycles. The molecule has 0 radical (unpaired) electrons. The third-order valence-electron chi connectivity index (χ3n) is 2.33. The van der Waals surface area contributed by atoms with Crippen molar-refractivity contribution in [2.24, 2.45) is 0 Å². The SMILES string of the molecule is COC(=O)CCCN1CC[C@H](O)C1. The fraction of sp³-hybridized carbons (Fsp3) is 0.889. The minimum Gasteiger partial charge on any atom is -0.469 e. The first-order valence-electron chi connectivity index (χ1n) is 4.69. The molecule has 0 aromatic rings. The second kappa shape index (κ2) is 5.19. The van der Waals surface area contributed by atoms with E-state index < -0.39 is 0 Å². The quantitative estimate of drug-likeness (QED) is 0.630. The van der Waals surface area contributed by atoms with Crippen molar-refractivity contribution in [1.29, 1.82) is 0 Å². The van der Waals surface area contributed by atoms with E-state index in [2.05, 4.69) is 9.64 Å². The first-order valence-corrected chi connectivity index (χ1v) is 4.69. The van der Waals surface area contributed by atoms with Crippen molar-refractivity contribution in [2.45, 2.75) is 25.4 Å². The minimum atomic E-state index is -0.168. The lowest BCUT2D eigenvalue weighted by Gasteiger charge is -2.13. The van der Waals surface area contributed by atoms with E-state index in [0.29, 0.717) is 6.42 Å². The second-order valence-electron chi connectivity index (χ2n) is 3.42. The van der Waals surface area contributed by atoms with Crippen molar-refractivity contribution in [3.05, 3.63) is 0 Å². The van der Waals surface area contributed by atoms with Gasteiger partial charge in [-0.3, -0.25) is 4.79 Å². The van der Waals surface area contributed by atoms with Crippen molar-refractivity contribution in [3.8, 4) is 0 Å². The number of methoxy groups -OCH3 is 1. The Balaban J connectivity index is 2.03. The summed E-state index contributed by atoms with van der Waals surface area (Å²) in [4.78, 5) is 12.9. The Morgan fingerprint density at radius 1 is 1.69 bits per heavy atom. The summed E-state index contributed by atoms with van der Waals surface area (Å²) < 4.78 is 4.53. The first kappa shape index (κ1) is 10.5. The normalized spacial score (nSPS) is 23.4. The predicted octanol–water partition coefficient (Wildman–Crippen LogP) is 0.00620. The lowest BCUT2D eigenvalue weighted by atomic mass is 10.3. The molecule has 1 atom stereocenters. The van der Waals surface area contributed by atoms with Gasteiger partial charge in [-0.15, -0.1) is 0 Å². The van der Waals surface area contributed by atoms with E-state index in [0.717, 1.165) is 32.5 Å². The van der Waals surface area contributed by atoms with Gasteiger partial charge in [-0.1, -0.05) is 0 Å². The van der Waals surface area contributed by atoms with E-state index in [1.54, 1.807) is 0 Å². The van der Waals surface area contributed by atoms with Crippen LogP contribution in [0.4, 0.5) is 0 Å². The maximum Gasteiger partial charge on any atom is 0.305 e. The molecular weight excluding hydrogens is 170 g/mol. The molecule has 0 aromatic heterocycles. The highest BCUT2D eigenvalue weighted by Crippen LogP contribution is 2.09. The number of hydrogen-bond acceptors (Lipinski definition) is 4. The lowest BCUT2D eigenvalue weighted by Crippen LogP contribution is -2.23. The number of β-amino-alcohol motifs (C(OH)–C–C–N with tert-alkyl or cyclic N) is 1. The number of nitrogens with zero attached hydrogens (tertiary/aromatic N) is 1. The second-order valence-corrected chi connectivity index (χ2v) is 3.42. The summed E-state index contributed by atoms with van der Waals surface area (Å²) in [5.41, 5.74) is 0. The van der Waals surface area contributed by atoms with Gasteiger partial charge in [0.25, 0.3) is 0 Å². The maximum absolute atomic E-state index is 10.8. The predicted molar refractivity (Wildman–Crippen MR) is 48.3 cm³/mol. The Morgan fingerprint density at radius 3 is 3.00 bits per heavy atom. The van der Waals surface area contributed by atoms with Gasteiger partial charge in [0.05, 0.1) is 13.2 Å². The summed E-state index contributed by atoms with van der Waals surface area (Å²) in [5, 5.41) is 9.22. The van der Waals surface area contributed by atoms with Gasteiger partial charge in [0, 0.05) is 19.5 Å². The summed E-state index contributed by atoms with van der Waals surface area (Å²) in [5.74, 6) is -0.153. The van der Waals surface area contributed by atoms with Crippen LogP contribution < -0.4 is 0 Å². The van der Waals surface area contributed by atoms with E-state index in [4.69, 9.17) is 0 Å². The van der Waals surface area contributed by atoms with Crippen LogP contribution in [0.3, 0.4) is 0 Å². The number of hydrogen-bond donors (Lipinski definition) is 1. The lowest BCUT2D eigenvalue weighted by molar-refractivity contribution is -0.140. The van der Waals surface area contributed by atoms with Gasteiger partial charge in [0.1, 0.15) is 0 Å². The Labute approximate surface area is 78.5 Å². The molecule has 1 heterocycles. The van der Waals surface area contributed by atoms with Crippen molar-refractivity contribution in [1.82, 2.24) is 4.90 Å². The third-order valence-corrected chi connectivity index (χ3v) is 2.33. The standard InChI is InChI=1S/C9H17NO3/c1-13-9(12)3-2-5-10-6-4-8(11)7-10/h8,11H,2-7H2,1H3/t8-/m0/s1. The van der Waals surface area contributed by atoms with Crippen LogP contribution in [0.15, 0.2) is 0 Å².